The van der Waals surface area contributed by atoms with Gasteiger partial charge in [0, 0.05) is 6.04 Å². The van der Waals surface area contributed by atoms with E-state index >= 15 is 0 Å². The number of halogens is 4. The molecule has 1 amide bonds. The van der Waals surface area contributed by atoms with E-state index in [2.05, 4.69) is 10.6 Å². The van der Waals surface area contributed by atoms with E-state index in [0.29, 0.717) is 12.8 Å². The lowest BCUT2D eigenvalue weighted by Gasteiger charge is -2.33. The molecule has 1 saturated carbocycles. The summed E-state index contributed by atoms with van der Waals surface area (Å²) in [6.07, 6.45) is 2.00. The molecule has 0 bridgehead atoms. The van der Waals surface area contributed by atoms with Crippen LogP contribution in [0.2, 0.25) is 0 Å². The van der Waals surface area contributed by atoms with Crippen molar-refractivity contribution in [2.75, 3.05) is 0 Å². The van der Waals surface area contributed by atoms with Crippen LogP contribution in [-0.2, 0) is 0 Å². The highest BCUT2D eigenvalue weighted by molar-refractivity contribution is 6.68. The number of amides is 1. The zero-order valence-electron chi connectivity index (χ0n) is 11.1. The van der Waals surface area contributed by atoms with E-state index in [1.807, 2.05) is 0 Å². The summed E-state index contributed by atoms with van der Waals surface area (Å²) in [6.45, 7) is 0. The van der Waals surface area contributed by atoms with E-state index in [1.54, 1.807) is 6.07 Å². The predicted molar refractivity (Wildman–Crippen MR) is 80.5 cm³/mol. The molecule has 3 atom stereocenters. The summed E-state index contributed by atoms with van der Waals surface area (Å²) in [7, 11) is 0. The number of nitrogens with one attached hydrogen (secondary N) is 2. The number of hydrogen-bond acceptors (Lipinski definition) is 3. The van der Waals surface area contributed by atoms with E-state index in [0.717, 1.165) is 12.8 Å². The monoisotopic (exact) mass is 356 g/mol. The van der Waals surface area contributed by atoms with Gasteiger partial charge in [0.1, 0.15) is 12.3 Å². The second-order valence-corrected chi connectivity index (χ2v) is 7.42. The van der Waals surface area contributed by atoms with Gasteiger partial charge in [-0.25, -0.2) is 4.39 Å². The highest BCUT2D eigenvalue weighted by Gasteiger charge is 2.37. The Hall–Kier alpha value is -0.490. The minimum Gasteiger partial charge on any atom is -0.459 e. The van der Waals surface area contributed by atoms with Crippen molar-refractivity contribution in [2.24, 2.45) is 0 Å². The van der Waals surface area contributed by atoms with E-state index in [4.69, 9.17) is 39.2 Å². The van der Waals surface area contributed by atoms with Gasteiger partial charge in [-0.2, -0.15) is 0 Å². The lowest BCUT2D eigenvalue weighted by atomic mass is 9.94. The van der Waals surface area contributed by atoms with Gasteiger partial charge >= 0.3 is 0 Å². The fraction of sp³-hybridized carbons (Fsp3) is 0.615. The molecule has 0 radical (unpaired) electrons. The van der Waals surface area contributed by atoms with Crippen LogP contribution in [0.4, 0.5) is 4.39 Å². The van der Waals surface area contributed by atoms with Crippen molar-refractivity contribution < 1.29 is 13.6 Å². The molecule has 2 N–H and O–H groups in total. The molecule has 3 unspecified atom stereocenters. The molecule has 1 heterocycles. The summed E-state index contributed by atoms with van der Waals surface area (Å²) in [5.74, 6) is -0.389. The van der Waals surface area contributed by atoms with Gasteiger partial charge in [0.05, 0.1) is 6.26 Å². The maximum absolute atomic E-state index is 13.4. The van der Waals surface area contributed by atoms with Gasteiger partial charge in [-0.15, -0.1) is 0 Å². The molecular formula is C13H16Cl3FN2O2. The number of hydrogen-bond donors (Lipinski definition) is 2. The lowest BCUT2D eigenvalue weighted by molar-refractivity contribution is 0.0893. The third kappa shape index (κ3) is 5.02. The molecule has 8 heteroatoms. The summed E-state index contributed by atoms with van der Waals surface area (Å²) in [5, 5.41) is 5.57. The normalized spacial score (nSPS) is 24.6. The van der Waals surface area contributed by atoms with Gasteiger partial charge in [-0.05, 0) is 37.8 Å². The van der Waals surface area contributed by atoms with Crippen molar-refractivity contribution in [3.8, 4) is 0 Å². The maximum atomic E-state index is 13.4. The van der Waals surface area contributed by atoms with Crippen LogP contribution >= 0.6 is 34.8 Å². The molecular weight excluding hydrogens is 342 g/mol. The fourth-order valence-corrected chi connectivity index (χ4v) is 2.70. The largest absolute Gasteiger partial charge is 0.459 e. The third-order valence-corrected chi connectivity index (χ3v) is 4.01. The quantitative estimate of drug-likeness (QED) is 0.640. The standard InChI is InChI=1S/C13H16Cl3FN2O2/c14-13(15,16)12(18-9-4-1-3-8(17)7-9)19-11(20)10-5-2-6-21-10/h2,5-6,8-9,12,18H,1,3-4,7H2,(H,19,20). The van der Waals surface area contributed by atoms with Crippen LogP contribution in [0.15, 0.2) is 22.8 Å². The zero-order valence-corrected chi connectivity index (χ0v) is 13.4. The van der Waals surface area contributed by atoms with Crippen molar-refractivity contribution in [1.82, 2.24) is 10.6 Å². The number of carbonyl (C=O) groups is 1. The van der Waals surface area contributed by atoms with Crippen LogP contribution in [0.3, 0.4) is 0 Å². The SMILES string of the molecule is O=C(NC(NC1CCCC(F)C1)C(Cl)(Cl)Cl)c1ccco1. The second kappa shape index (κ2) is 7.18. The topological polar surface area (TPSA) is 54.3 Å². The molecule has 118 valence electrons. The second-order valence-electron chi connectivity index (χ2n) is 5.05. The van der Waals surface area contributed by atoms with Crippen molar-refractivity contribution in [1.29, 1.82) is 0 Å². The van der Waals surface area contributed by atoms with Gasteiger partial charge in [0.25, 0.3) is 5.91 Å². The molecule has 1 aromatic rings. The minimum absolute atomic E-state index is 0.114. The number of alkyl halides is 4. The Balaban J connectivity index is 1.99. The van der Waals surface area contributed by atoms with Crippen LogP contribution in [0, 0.1) is 0 Å². The summed E-state index contributed by atoms with van der Waals surface area (Å²) in [5.41, 5.74) is 0. The first-order chi connectivity index (χ1) is 9.86. The molecule has 0 aliphatic heterocycles. The van der Waals surface area contributed by atoms with E-state index in [9.17, 15) is 9.18 Å². The van der Waals surface area contributed by atoms with Gasteiger partial charge < -0.3 is 9.73 Å². The molecule has 1 aromatic heterocycles. The Bertz CT molecular complexity index is 464. The van der Waals surface area contributed by atoms with Crippen LogP contribution in [0.25, 0.3) is 0 Å². The molecule has 1 aliphatic rings. The first-order valence-corrected chi connectivity index (χ1v) is 7.81. The molecule has 2 rings (SSSR count). The molecule has 0 saturated heterocycles. The van der Waals surface area contributed by atoms with Crippen molar-refractivity contribution in [3.05, 3.63) is 24.2 Å². The first-order valence-electron chi connectivity index (χ1n) is 6.67. The summed E-state index contributed by atoms with van der Waals surface area (Å²) < 4.78 is 16.7. The van der Waals surface area contributed by atoms with Crippen molar-refractivity contribution in [2.45, 2.75) is 47.9 Å². The number of furan rings is 1. The Morgan fingerprint density at radius 1 is 1.43 bits per heavy atom. The molecule has 0 spiro atoms. The lowest BCUT2D eigenvalue weighted by Crippen LogP contribution is -2.57. The predicted octanol–water partition coefficient (Wildman–Crippen LogP) is 3.58. The average molecular weight is 358 g/mol. The Kier molecular flexibility index (Phi) is 5.77. The molecule has 4 nitrogen and oxygen atoms in total. The van der Waals surface area contributed by atoms with Crippen LogP contribution in [-0.4, -0.2) is 28.1 Å². The summed E-state index contributed by atoms with van der Waals surface area (Å²) in [4.78, 5) is 12.0. The molecule has 1 aliphatic carbocycles. The molecule has 1 fully saturated rings. The Morgan fingerprint density at radius 3 is 2.76 bits per heavy atom. The average Bonchev–Trinajstić information content (AvgIpc) is 2.90. The Labute approximate surface area is 137 Å². The van der Waals surface area contributed by atoms with Gasteiger partial charge in [-0.3, -0.25) is 10.1 Å². The van der Waals surface area contributed by atoms with Crippen LogP contribution < -0.4 is 10.6 Å². The molecule has 0 aromatic carbocycles. The third-order valence-electron chi connectivity index (χ3n) is 3.36. The highest BCUT2D eigenvalue weighted by Crippen LogP contribution is 2.31. The minimum atomic E-state index is -1.76. The van der Waals surface area contributed by atoms with Crippen molar-refractivity contribution >= 4 is 40.7 Å². The number of carbonyl (C=O) groups excluding carboxylic acids is 1. The number of rotatable bonds is 4. The van der Waals surface area contributed by atoms with Crippen LogP contribution in [0.1, 0.15) is 36.2 Å². The summed E-state index contributed by atoms with van der Waals surface area (Å²) in [6, 6.07) is 2.94. The van der Waals surface area contributed by atoms with E-state index in [-0.39, 0.29) is 11.8 Å². The highest BCUT2D eigenvalue weighted by atomic mass is 35.6. The maximum Gasteiger partial charge on any atom is 0.288 e. The smallest absolute Gasteiger partial charge is 0.288 e. The molecule has 21 heavy (non-hydrogen) atoms. The first kappa shape index (κ1) is 16.9. The summed E-state index contributed by atoms with van der Waals surface area (Å²) >= 11 is 17.7. The van der Waals surface area contributed by atoms with Gasteiger partial charge in [-0.1, -0.05) is 34.8 Å². The van der Waals surface area contributed by atoms with E-state index in [1.165, 1.54) is 12.3 Å². The van der Waals surface area contributed by atoms with Crippen LogP contribution in [0.5, 0.6) is 0 Å². The van der Waals surface area contributed by atoms with Gasteiger partial charge in [0.15, 0.2) is 5.76 Å². The van der Waals surface area contributed by atoms with Gasteiger partial charge in [0.2, 0.25) is 3.79 Å². The van der Waals surface area contributed by atoms with Crippen molar-refractivity contribution in [3.63, 3.8) is 0 Å². The van der Waals surface area contributed by atoms with E-state index < -0.39 is 22.0 Å². The zero-order chi connectivity index (χ0) is 15.5. The fourth-order valence-electron chi connectivity index (χ4n) is 2.35. The Morgan fingerprint density at radius 2 is 2.19 bits per heavy atom.